The fraction of sp³-hybridized carbons (Fsp3) is 0.944. The Hall–Kier alpha value is -0.650. The molecule has 3 aliphatic rings. The number of piperidine rings is 2. The highest BCUT2D eigenvalue weighted by Gasteiger charge is 2.26. The lowest BCUT2D eigenvalue weighted by Crippen LogP contribution is -2.46. The molecule has 5 heteroatoms. The van der Waals surface area contributed by atoms with Crippen LogP contribution in [0.5, 0.6) is 0 Å². The van der Waals surface area contributed by atoms with Gasteiger partial charge in [-0.2, -0.15) is 0 Å². The number of hydrogen-bond donors (Lipinski definition) is 1. The number of hydrogen-bond acceptors (Lipinski definition) is 4. The van der Waals surface area contributed by atoms with Crippen molar-refractivity contribution < 1.29 is 9.53 Å². The molecule has 23 heavy (non-hydrogen) atoms. The van der Waals surface area contributed by atoms with Gasteiger partial charge in [0.25, 0.3) is 0 Å². The number of likely N-dealkylation sites (tertiary alicyclic amines) is 1. The van der Waals surface area contributed by atoms with Gasteiger partial charge in [-0.3, -0.25) is 9.69 Å². The molecule has 0 aromatic rings. The minimum atomic E-state index is 0.398. The molecule has 3 saturated heterocycles. The lowest BCUT2D eigenvalue weighted by Gasteiger charge is -2.37. The van der Waals surface area contributed by atoms with E-state index in [1.807, 2.05) is 0 Å². The summed E-state index contributed by atoms with van der Waals surface area (Å²) < 4.78 is 5.43. The van der Waals surface area contributed by atoms with Crippen molar-refractivity contribution >= 4 is 5.91 Å². The zero-order valence-electron chi connectivity index (χ0n) is 14.5. The summed E-state index contributed by atoms with van der Waals surface area (Å²) in [6, 6.07) is 0. The minimum absolute atomic E-state index is 0.398. The fourth-order valence-electron chi connectivity index (χ4n) is 4.25. The Morgan fingerprint density at radius 1 is 1.04 bits per heavy atom. The van der Waals surface area contributed by atoms with Crippen molar-refractivity contribution in [3.05, 3.63) is 0 Å². The van der Waals surface area contributed by atoms with E-state index in [1.54, 1.807) is 0 Å². The molecule has 0 aliphatic carbocycles. The quantitative estimate of drug-likeness (QED) is 0.829. The summed E-state index contributed by atoms with van der Waals surface area (Å²) in [5, 5.41) is 3.40. The molecule has 1 amide bonds. The molecule has 0 spiro atoms. The lowest BCUT2D eigenvalue weighted by molar-refractivity contribution is -0.133. The number of morpholine rings is 1. The van der Waals surface area contributed by atoms with Gasteiger partial charge in [-0.25, -0.2) is 0 Å². The van der Waals surface area contributed by atoms with Crippen molar-refractivity contribution in [3.63, 3.8) is 0 Å². The van der Waals surface area contributed by atoms with Gasteiger partial charge in [0.2, 0.25) is 5.91 Å². The number of rotatable bonds is 5. The summed E-state index contributed by atoms with van der Waals surface area (Å²) in [6.45, 7) is 9.19. The summed E-state index contributed by atoms with van der Waals surface area (Å²) in [5.74, 6) is 1.81. The molecule has 1 atom stereocenters. The van der Waals surface area contributed by atoms with E-state index < -0.39 is 0 Å². The molecule has 0 aromatic heterocycles. The highest BCUT2D eigenvalue weighted by molar-refractivity contribution is 5.76. The van der Waals surface area contributed by atoms with Crippen molar-refractivity contribution in [3.8, 4) is 0 Å². The van der Waals surface area contributed by atoms with Crippen molar-refractivity contribution in [2.75, 3.05) is 59.0 Å². The van der Waals surface area contributed by atoms with Crippen molar-refractivity contribution in [1.29, 1.82) is 0 Å². The van der Waals surface area contributed by atoms with Gasteiger partial charge >= 0.3 is 0 Å². The maximum absolute atomic E-state index is 12.6. The molecule has 0 saturated carbocycles. The average molecular weight is 323 g/mol. The lowest BCUT2D eigenvalue weighted by atomic mass is 9.92. The van der Waals surface area contributed by atoms with Gasteiger partial charge < -0.3 is 15.0 Å². The van der Waals surface area contributed by atoms with Crippen LogP contribution in [0.2, 0.25) is 0 Å². The normalized spacial score (nSPS) is 28.0. The van der Waals surface area contributed by atoms with E-state index in [4.69, 9.17) is 4.74 Å². The standard InChI is InChI=1S/C18H33N3O2/c22-18(4-3-16-5-7-19-8-6-16)21-9-1-2-17(15-21)14-20-10-12-23-13-11-20/h16-17,19H,1-15H2. The van der Waals surface area contributed by atoms with E-state index in [0.29, 0.717) is 11.8 Å². The third kappa shape index (κ3) is 5.44. The predicted molar refractivity (Wildman–Crippen MR) is 91.4 cm³/mol. The summed E-state index contributed by atoms with van der Waals surface area (Å²) in [5.41, 5.74) is 0. The molecule has 3 heterocycles. The molecule has 3 fully saturated rings. The summed E-state index contributed by atoms with van der Waals surface area (Å²) in [6.07, 6.45) is 6.78. The molecule has 3 aliphatic heterocycles. The van der Waals surface area contributed by atoms with Gasteiger partial charge in [-0.05, 0) is 57.0 Å². The zero-order chi connectivity index (χ0) is 15.9. The smallest absolute Gasteiger partial charge is 0.222 e. The van der Waals surface area contributed by atoms with Gasteiger partial charge in [0.05, 0.1) is 13.2 Å². The van der Waals surface area contributed by atoms with E-state index in [2.05, 4.69) is 15.1 Å². The van der Waals surface area contributed by atoms with Gasteiger partial charge in [0.15, 0.2) is 0 Å². The van der Waals surface area contributed by atoms with Crippen LogP contribution < -0.4 is 5.32 Å². The van der Waals surface area contributed by atoms with Gasteiger partial charge in [0.1, 0.15) is 0 Å². The molecular formula is C18H33N3O2. The topological polar surface area (TPSA) is 44.8 Å². The zero-order valence-corrected chi connectivity index (χ0v) is 14.5. The van der Waals surface area contributed by atoms with Crippen LogP contribution in [-0.2, 0) is 9.53 Å². The predicted octanol–water partition coefficient (Wildman–Crippen LogP) is 1.34. The van der Waals surface area contributed by atoms with Crippen LogP contribution >= 0.6 is 0 Å². The maximum atomic E-state index is 12.6. The molecule has 1 N–H and O–H groups in total. The van der Waals surface area contributed by atoms with Crippen LogP contribution in [0.25, 0.3) is 0 Å². The van der Waals surface area contributed by atoms with E-state index >= 15 is 0 Å². The number of carbonyl (C=O) groups is 1. The van der Waals surface area contributed by atoms with Crippen LogP contribution in [0.1, 0.15) is 38.5 Å². The van der Waals surface area contributed by atoms with E-state index in [0.717, 1.165) is 77.8 Å². The Morgan fingerprint density at radius 2 is 1.83 bits per heavy atom. The van der Waals surface area contributed by atoms with E-state index in [9.17, 15) is 4.79 Å². The number of ether oxygens (including phenoxy) is 1. The van der Waals surface area contributed by atoms with Crippen molar-refractivity contribution in [1.82, 2.24) is 15.1 Å². The van der Waals surface area contributed by atoms with Gasteiger partial charge in [-0.1, -0.05) is 0 Å². The number of amides is 1. The van der Waals surface area contributed by atoms with E-state index in [-0.39, 0.29) is 0 Å². The molecule has 3 rings (SSSR count). The first-order valence-electron chi connectivity index (χ1n) is 9.60. The summed E-state index contributed by atoms with van der Waals surface area (Å²) in [7, 11) is 0. The van der Waals surface area contributed by atoms with Gasteiger partial charge in [0, 0.05) is 39.1 Å². The van der Waals surface area contributed by atoms with Crippen molar-refractivity contribution in [2.24, 2.45) is 11.8 Å². The summed E-state index contributed by atoms with van der Waals surface area (Å²) in [4.78, 5) is 17.2. The first-order chi connectivity index (χ1) is 11.3. The Balaban J connectivity index is 1.39. The first kappa shape index (κ1) is 17.2. The first-order valence-corrected chi connectivity index (χ1v) is 9.60. The molecule has 5 nitrogen and oxygen atoms in total. The number of carbonyl (C=O) groups excluding carboxylic acids is 1. The van der Waals surface area contributed by atoms with Crippen LogP contribution in [-0.4, -0.2) is 74.7 Å². The van der Waals surface area contributed by atoms with Gasteiger partial charge in [-0.15, -0.1) is 0 Å². The second kappa shape index (κ2) is 9.00. The summed E-state index contributed by atoms with van der Waals surface area (Å²) >= 11 is 0. The molecule has 132 valence electrons. The molecule has 0 bridgehead atoms. The third-order valence-corrected chi connectivity index (χ3v) is 5.72. The molecule has 0 aromatic carbocycles. The average Bonchev–Trinajstić information content (AvgIpc) is 2.62. The Labute approximate surface area is 140 Å². The highest BCUT2D eigenvalue weighted by atomic mass is 16.5. The Kier molecular flexibility index (Phi) is 6.72. The monoisotopic (exact) mass is 323 g/mol. The third-order valence-electron chi connectivity index (χ3n) is 5.72. The van der Waals surface area contributed by atoms with Crippen LogP contribution in [0.15, 0.2) is 0 Å². The largest absolute Gasteiger partial charge is 0.379 e. The fourth-order valence-corrected chi connectivity index (χ4v) is 4.25. The Bertz CT molecular complexity index is 365. The number of nitrogens with one attached hydrogen (secondary N) is 1. The van der Waals surface area contributed by atoms with Crippen LogP contribution in [0.4, 0.5) is 0 Å². The molecule has 1 unspecified atom stereocenters. The highest BCUT2D eigenvalue weighted by Crippen LogP contribution is 2.22. The second-order valence-electron chi connectivity index (χ2n) is 7.49. The molecule has 0 radical (unpaired) electrons. The van der Waals surface area contributed by atoms with Crippen LogP contribution in [0.3, 0.4) is 0 Å². The van der Waals surface area contributed by atoms with Crippen molar-refractivity contribution in [2.45, 2.75) is 38.5 Å². The minimum Gasteiger partial charge on any atom is -0.379 e. The Morgan fingerprint density at radius 3 is 2.61 bits per heavy atom. The van der Waals surface area contributed by atoms with E-state index in [1.165, 1.54) is 25.7 Å². The molecular weight excluding hydrogens is 290 g/mol. The SMILES string of the molecule is O=C(CCC1CCNCC1)N1CCCC(CN2CCOCC2)C1. The second-order valence-corrected chi connectivity index (χ2v) is 7.49. The number of nitrogens with zero attached hydrogens (tertiary/aromatic N) is 2. The van der Waals surface area contributed by atoms with Crippen LogP contribution in [0, 0.1) is 11.8 Å². The maximum Gasteiger partial charge on any atom is 0.222 e.